The Morgan fingerprint density at radius 2 is 1.85 bits per heavy atom. The summed E-state index contributed by atoms with van der Waals surface area (Å²) in [6.07, 6.45) is 0.653. The molecule has 26 heavy (non-hydrogen) atoms. The van der Waals surface area contributed by atoms with E-state index in [1.54, 1.807) is 17.0 Å². The number of morpholine rings is 1. The molecule has 1 aliphatic rings. The quantitative estimate of drug-likeness (QED) is 0.572. The summed E-state index contributed by atoms with van der Waals surface area (Å²) < 4.78 is 6.24. The molecule has 7 heteroatoms. The van der Waals surface area contributed by atoms with Gasteiger partial charge in [-0.15, -0.1) is 0 Å². The molecular formula is C19H24BrN3O3. The second-order valence-corrected chi connectivity index (χ2v) is 7.09. The average Bonchev–Trinajstić information content (AvgIpc) is 2.67. The van der Waals surface area contributed by atoms with Gasteiger partial charge in [0.2, 0.25) is 5.91 Å². The maximum Gasteiger partial charge on any atom is 0.223 e. The van der Waals surface area contributed by atoms with Crippen LogP contribution in [0.2, 0.25) is 0 Å². The van der Waals surface area contributed by atoms with Gasteiger partial charge in [0, 0.05) is 55.6 Å². The monoisotopic (exact) mass is 421 g/mol. The van der Waals surface area contributed by atoms with Crippen LogP contribution in [0.5, 0.6) is 0 Å². The second-order valence-electron chi connectivity index (χ2n) is 6.17. The zero-order valence-electron chi connectivity index (χ0n) is 14.8. The first-order chi connectivity index (χ1) is 12.6. The highest BCUT2D eigenvalue weighted by Crippen LogP contribution is 2.13. The highest BCUT2D eigenvalue weighted by atomic mass is 79.9. The van der Waals surface area contributed by atoms with E-state index in [4.69, 9.17) is 10.00 Å². The van der Waals surface area contributed by atoms with Crippen molar-refractivity contribution in [2.24, 2.45) is 0 Å². The molecule has 0 unspecified atom stereocenters. The number of halogens is 1. The normalized spacial score (nSPS) is 14.6. The van der Waals surface area contributed by atoms with Crippen LogP contribution in [0.4, 0.5) is 0 Å². The minimum atomic E-state index is -0.0704. The number of nitrogens with zero attached hydrogens (tertiary/aromatic N) is 3. The van der Waals surface area contributed by atoms with Gasteiger partial charge in [-0.1, -0.05) is 28.1 Å². The van der Waals surface area contributed by atoms with E-state index in [0.717, 1.165) is 24.1 Å². The number of carbonyl (C=O) groups is 2. The van der Waals surface area contributed by atoms with Gasteiger partial charge in [-0.2, -0.15) is 5.26 Å². The third-order valence-corrected chi connectivity index (χ3v) is 4.90. The Bertz CT molecular complexity index is 636. The molecular weight excluding hydrogens is 398 g/mol. The summed E-state index contributed by atoms with van der Waals surface area (Å²) in [5.74, 6) is -0.113. The molecule has 1 heterocycles. The Labute approximate surface area is 162 Å². The van der Waals surface area contributed by atoms with Crippen LogP contribution >= 0.6 is 15.9 Å². The molecule has 140 valence electrons. The van der Waals surface area contributed by atoms with E-state index in [2.05, 4.69) is 26.9 Å². The van der Waals surface area contributed by atoms with E-state index in [-0.39, 0.29) is 24.5 Å². The topological polar surface area (TPSA) is 73.6 Å². The van der Waals surface area contributed by atoms with E-state index < -0.39 is 0 Å². The molecule has 0 spiro atoms. The van der Waals surface area contributed by atoms with Gasteiger partial charge in [-0.3, -0.25) is 14.5 Å². The Kier molecular flexibility index (Phi) is 8.75. The minimum absolute atomic E-state index is 0.0423. The molecule has 0 N–H and O–H groups in total. The summed E-state index contributed by atoms with van der Waals surface area (Å²) in [5, 5.41) is 8.83. The molecule has 0 aromatic heterocycles. The number of benzene rings is 1. The van der Waals surface area contributed by atoms with Crippen LogP contribution < -0.4 is 0 Å². The summed E-state index contributed by atoms with van der Waals surface area (Å²) >= 11 is 3.34. The number of hydrogen-bond donors (Lipinski definition) is 0. The van der Waals surface area contributed by atoms with Crippen LogP contribution in [0, 0.1) is 11.3 Å². The Balaban J connectivity index is 1.83. The van der Waals surface area contributed by atoms with E-state index in [0.29, 0.717) is 38.3 Å². The molecule has 1 aromatic carbocycles. The first kappa shape index (κ1) is 20.6. The molecule has 0 atom stereocenters. The van der Waals surface area contributed by atoms with E-state index in [1.165, 1.54) is 0 Å². The second kappa shape index (κ2) is 11.1. The zero-order valence-corrected chi connectivity index (χ0v) is 16.4. The fourth-order valence-corrected chi connectivity index (χ4v) is 3.06. The van der Waals surface area contributed by atoms with Crippen LogP contribution in [0.15, 0.2) is 28.7 Å². The van der Waals surface area contributed by atoms with Crippen LogP contribution in [0.25, 0.3) is 0 Å². The van der Waals surface area contributed by atoms with Crippen molar-refractivity contribution < 1.29 is 14.3 Å². The fraction of sp³-hybridized carbons (Fsp3) is 0.526. The van der Waals surface area contributed by atoms with Crippen LogP contribution in [-0.2, 0) is 9.53 Å². The predicted octanol–water partition coefficient (Wildman–Crippen LogP) is 2.49. The van der Waals surface area contributed by atoms with E-state index >= 15 is 0 Å². The molecule has 6 nitrogen and oxygen atoms in total. The molecule has 2 rings (SSSR count). The van der Waals surface area contributed by atoms with Crippen molar-refractivity contribution in [2.45, 2.75) is 19.3 Å². The lowest BCUT2D eigenvalue weighted by molar-refractivity contribution is -0.131. The average molecular weight is 422 g/mol. The van der Waals surface area contributed by atoms with Gasteiger partial charge in [0.15, 0.2) is 5.78 Å². The largest absolute Gasteiger partial charge is 0.379 e. The number of rotatable bonds is 9. The lowest BCUT2D eigenvalue weighted by Crippen LogP contribution is -2.43. The van der Waals surface area contributed by atoms with Gasteiger partial charge < -0.3 is 9.64 Å². The highest BCUT2D eigenvalue weighted by Gasteiger charge is 2.18. The summed E-state index contributed by atoms with van der Waals surface area (Å²) in [7, 11) is 0. The van der Waals surface area contributed by atoms with Crippen molar-refractivity contribution in [1.29, 1.82) is 5.26 Å². The van der Waals surface area contributed by atoms with Crippen molar-refractivity contribution >= 4 is 27.6 Å². The van der Waals surface area contributed by atoms with Crippen molar-refractivity contribution in [2.75, 3.05) is 45.9 Å². The molecule has 1 aliphatic heterocycles. The molecule has 0 bridgehead atoms. The maximum absolute atomic E-state index is 12.5. The lowest BCUT2D eigenvalue weighted by atomic mass is 10.1. The smallest absolute Gasteiger partial charge is 0.223 e. The van der Waals surface area contributed by atoms with Crippen molar-refractivity contribution in [3.63, 3.8) is 0 Å². The lowest BCUT2D eigenvalue weighted by Gasteiger charge is -2.30. The van der Waals surface area contributed by atoms with Crippen molar-refractivity contribution in [1.82, 2.24) is 9.80 Å². The SMILES string of the molecule is N#CCCN(CCN1CCOCC1)C(=O)CCC(=O)c1ccc(Br)cc1. The molecule has 0 saturated carbocycles. The molecule has 0 radical (unpaired) electrons. The number of Topliss-reactive ketones (excluding diaryl/α,β-unsaturated/α-hetero) is 1. The van der Waals surface area contributed by atoms with Gasteiger partial charge in [0.1, 0.15) is 0 Å². The predicted molar refractivity (Wildman–Crippen MR) is 102 cm³/mol. The van der Waals surface area contributed by atoms with Crippen molar-refractivity contribution in [3.05, 3.63) is 34.3 Å². The number of ketones is 1. The molecule has 1 amide bonds. The minimum Gasteiger partial charge on any atom is -0.379 e. The number of ether oxygens (including phenoxy) is 1. The molecule has 1 fully saturated rings. The van der Waals surface area contributed by atoms with Crippen LogP contribution in [0.1, 0.15) is 29.6 Å². The zero-order chi connectivity index (χ0) is 18.8. The van der Waals surface area contributed by atoms with Crippen LogP contribution in [0.3, 0.4) is 0 Å². The molecule has 0 aliphatic carbocycles. The van der Waals surface area contributed by atoms with Gasteiger partial charge in [-0.05, 0) is 12.1 Å². The number of nitriles is 1. The Hall–Kier alpha value is -1.75. The summed E-state index contributed by atoms with van der Waals surface area (Å²) in [4.78, 5) is 28.7. The van der Waals surface area contributed by atoms with Gasteiger partial charge in [0.05, 0.1) is 25.7 Å². The van der Waals surface area contributed by atoms with Crippen LogP contribution in [-0.4, -0.2) is 67.4 Å². The summed E-state index contributed by atoms with van der Waals surface area (Å²) in [6, 6.07) is 9.23. The first-order valence-electron chi connectivity index (χ1n) is 8.83. The maximum atomic E-state index is 12.5. The Morgan fingerprint density at radius 3 is 2.50 bits per heavy atom. The molecule has 1 aromatic rings. The first-order valence-corrected chi connectivity index (χ1v) is 9.63. The number of hydrogen-bond acceptors (Lipinski definition) is 5. The third kappa shape index (κ3) is 6.87. The van der Waals surface area contributed by atoms with Crippen molar-refractivity contribution in [3.8, 4) is 6.07 Å². The summed E-state index contributed by atoms with van der Waals surface area (Å²) in [6.45, 7) is 4.91. The highest BCUT2D eigenvalue weighted by molar-refractivity contribution is 9.10. The summed E-state index contributed by atoms with van der Waals surface area (Å²) in [5.41, 5.74) is 0.609. The van der Waals surface area contributed by atoms with E-state index in [9.17, 15) is 9.59 Å². The van der Waals surface area contributed by atoms with E-state index in [1.807, 2.05) is 12.1 Å². The van der Waals surface area contributed by atoms with Gasteiger partial charge >= 0.3 is 0 Å². The van der Waals surface area contributed by atoms with Gasteiger partial charge in [0.25, 0.3) is 0 Å². The number of amides is 1. The fourth-order valence-electron chi connectivity index (χ4n) is 2.79. The van der Waals surface area contributed by atoms with Gasteiger partial charge in [-0.25, -0.2) is 0 Å². The standard InChI is InChI=1S/C19H24BrN3O3/c20-17-4-2-16(3-5-17)18(24)6-7-19(25)23(9-1-8-21)11-10-22-12-14-26-15-13-22/h2-5H,1,6-7,9-15H2. The third-order valence-electron chi connectivity index (χ3n) is 4.37. The Morgan fingerprint density at radius 1 is 1.15 bits per heavy atom. The number of carbonyl (C=O) groups excluding carboxylic acids is 2. The molecule has 1 saturated heterocycles.